The Morgan fingerprint density at radius 2 is 1.80 bits per heavy atom. The fraction of sp³-hybridized carbons (Fsp3) is 0.667. The molecule has 138 valence electrons. The van der Waals surface area contributed by atoms with Crippen LogP contribution < -0.4 is 0 Å². The molecule has 1 fully saturated rings. The van der Waals surface area contributed by atoms with Gasteiger partial charge in [-0.15, -0.1) is 0 Å². The van der Waals surface area contributed by atoms with Crippen molar-refractivity contribution in [2.75, 3.05) is 40.3 Å². The number of nitrogens with zero attached hydrogens (tertiary/aromatic N) is 3. The van der Waals surface area contributed by atoms with Gasteiger partial charge in [-0.25, -0.2) is 0 Å². The van der Waals surface area contributed by atoms with E-state index in [9.17, 15) is 4.79 Å². The lowest BCUT2D eigenvalue weighted by Gasteiger charge is -2.35. The molecule has 25 heavy (non-hydrogen) atoms. The van der Waals surface area contributed by atoms with Gasteiger partial charge in [0.15, 0.2) is 0 Å². The zero-order valence-corrected chi connectivity index (χ0v) is 15.9. The van der Waals surface area contributed by atoms with Crippen LogP contribution in [-0.2, 0) is 17.8 Å². The summed E-state index contributed by atoms with van der Waals surface area (Å²) in [4.78, 5) is 19.7. The van der Waals surface area contributed by atoms with Gasteiger partial charge in [-0.3, -0.25) is 9.69 Å². The number of likely N-dealkylation sites (N-methyl/N-ethyl adjacent to an activating group) is 2. The van der Waals surface area contributed by atoms with Crippen molar-refractivity contribution < 1.29 is 4.79 Å². The molecule has 1 amide bonds. The zero-order valence-electron chi connectivity index (χ0n) is 15.9. The topological polar surface area (TPSA) is 26.8 Å². The summed E-state index contributed by atoms with van der Waals surface area (Å²) in [5, 5.41) is 0. The molecule has 0 aromatic heterocycles. The van der Waals surface area contributed by atoms with E-state index >= 15 is 0 Å². The first-order chi connectivity index (χ1) is 12.1. The summed E-state index contributed by atoms with van der Waals surface area (Å²) in [6.07, 6.45) is 7.34. The molecule has 0 radical (unpaired) electrons. The lowest BCUT2D eigenvalue weighted by molar-refractivity contribution is -0.135. The third kappa shape index (κ3) is 4.83. The van der Waals surface area contributed by atoms with E-state index in [1.807, 2.05) is 11.9 Å². The normalized spacial score (nSPS) is 22.2. The highest BCUT2D eigenvalue weighted by Gasteiger charge is 2.30. The molecule has 3 rings (SSSR count). The van der Waals surface area contributed by atoms with E-state index in [1.165, 1.54) is 49.9 Å². The van der Waals surface area contributed by atoms with Gasteiger partial charge in [-0.2, -0.15) is 0 Å². The van der Waals surface area contributed by atoms with Gasteiger partial charge < -0.3 is 9.80 Å². The van der Waals surface area contributed by atoms with Gasteiger partial charge in [0.25, 0.3) is 0 Å². The summed E-state index contributed by atoms with van der Waals surface area (Å²) >= 11 is 0. The van der Waals surface area contributed by atoms with Crippen LogP contribution in [0.5, 0.6) is 0 Å². The highest BCUT2D eigenvalue weighted by atomic mass is 16.2. The predicted octanol–water partition coefficient (Wildman–Crippen LogP) is 2.77. The van der Waals surface area contributed by atoms with Crippen LogP contribution >= 0.6 is 0 Å². The first-order valence-electron chi connectivity index (χ1n) is 9.89. The Morgan fingerprint density at radius 1 is 1.12 bits per heavy atom. The Kier molecular flexibility index (Phi) is 6.49. The second-order valence-electron chi connectivity index (χ2n) is 7.77. The second kappa shape index (κ2) is 8.81. The molecule has 2 aliphatic rings. The molecule has 1 atom stereocenters. The molecule has 4 nitrogen and oxygen atoms in total. The standard InChI is InChI=1S/C21H33N3O/c1-22(12-9-15-24-13-7-3-4-8-14-24)21(25)20-16-18-10-5-6-11-19(18)17-23(20)2/h5-6,10-11,20H,3-4,7-9,12-17H2,1-2H3/t20-/m0/s1. The highest BCUT2D eigenvalue weighted by Crippen LogP contribution is 2.23. The van der Waals surface area contributed by atoms with Crippen LogP contribution in [0.3, 0.4) is 0 Å². The van der Waals surface area contributed by atoms with Crippen molar-refractivity contribution in [3.8, 4) is 0 Å². The van der Waals surface area contributed by atoms with Crippen molar-refractivity contribution in [3.05, 3.63) is 35.4 Å². The maximum absolute atomic E-state index is 12.9. The molecular weight excluding hydrogens is 310 g/mol. The van der Waals surface area contributed by atoms with Crippen LogP contribution in [0.4, 0.5) is 0 Å². The average molecular weight is 344 g/mol. The monoisotopic (exact) mass is 343 g/mol. The van der Waals surface area contributed by atoms with Gasteiger partial charge in [0.05, 0.1) is 6.04 Å². The van der Waals surface area contributed by atoms with Crippen LogP contribution in [0.1, 0.15) is 43.2 Å². The smallest absolute Gasteiger partial charge is 0.240 e. The third-order valence-electron chi connectivity index (χ3n) is 5.81. The molecule has 2 heterocycles. The lowest BCUT2D eigenvalue weighted by atomic mass is 9.94. The highest BCUT2D eigenvalue weighted by molar-refractivity contribution is 5.82. The third-order valence-corrected chi connectivity index (χ3v) is 5.81. The zero-order chi connectivity index (χ0) is 17.6. The minimum atomic E-state index is -0.0157. The summed E-state index contributed by atoms with van der Waals surface area (Å²) in [6, 6.07) is 8.50. The Labute approximate surface area is 152 Å². The summed E-state index contributed by atoms with van der Waals surface area (Å²) in [5.74, 6) is 0.271. The number of likely N-dealkylation sites (tertiary alicyclic amines) is 1. The number of hydrogen-bond donors (Lipinski definition) is 0. The number of carbonyl (C=O) groups excluding carboxylic acids is 1. The SMILES string of the molecule is CN(CCCN1CCCCCC1)C(=O)[C@@H]1Cc2ccccc2CN1C. The number of rotatable bonds is 5. The Balaban J connectivity index is 1.48. The number of carbonyl (C=O) groups is 1. The summed E-state index contributed by atoms with van der Waals surface area (Å²) in [6.45, 7) is 5.33. The van der Waals surface area contributed by atoms with Gasteiger partial charge >= 0.3 is 0 Å². The first kappa shape index (κ1) is 18.4. The van der Waals surface area contributed by atoms with Crippen LogP contribution in [0.2, 0.25) is 0 Å². The molecule has 0 N–H and O–H groups in total. The fourth-order valence-electron chi connectivity index (χ4n) is 4.19. The maximum atomic E-state index is 12.9. The van der Waals surface area contributed by atoms with Gasteiger partial charge in [0.1, 0.15) is 0 Å². The van der Waals surface area contributed by atoms with Gasteiger partial charge in [-0.1, -0.05) is 37.1 Å². The van der Waals surface area contributed by atoms with Gasteiger partial charge in [-0.05, 0) is 63.5 Å². The van der Waals surface area contributed by atoms with E-state index in [4.69, 9.17) is 0 Å². The molecule has 1 aromatic rings. The molecule has 4 heteroatoms. The Bertz CT molecular complexity index is 566. The van der Waals surface area contributed by atoms with Crippen molar-refractivity contribution in [2.24, 2.45) is 0 Å². The molecule has 0 aliphatic carbocycles. The number of hydrogen-bond acceptors (Lipinski definition) is 3. The van der Waals surface area contributed by atoms with Crippen LogP contribution in [0.15, 0.2) is 24.3 Å². The summed E-state index contributed by atoms with van der Waals surface area (Å²) < 4.78 is 0. The largest absolute Gasteiger partial charge is 0.344 e. The molecule has 2 aliphatic heterocycles. The number of fused-ring (bicyclic) bond motifs is 1. The van der Waals surface area contributed by atoms with Gasteiger partial charge in [0, 0.05) is 20.1 Å². The maximum Gasteiger partial charge on any atom is 0.240 e. The minimum absolute atomic E-state index is 0.0157. The lowest BCUT2D eigenvalue weighted by Crippen LogP contribution is -2.49. The number of amides is 1. The van der Waals surface area contributed by atoms with Crippen molar-refractivity contribution in [3.63, 3.8) is 0 Å². The average Bonchev–Trinajstić information content (AvgIpc) is 2.89. The van der Waals surface area contributed by atoms with Crippen molar-refractivity contribution in [2.45, 2.75) is 51.1 Å². The summed E-state index contributed by atoms with van der Waals surface area (Å²) in [5.41, 5.74) is 2.69. The Morgan fingerprint density at radius 3 is 2.52 bits per heavy atom. The molecule has 1 aromatic carbocycles. The molecule has 0 spiro atoms. The Hall–Kier alpha value is -1.39. The molecular formula is C21H33N3O. The van der Waals surface area contributed by atoms with E-state index in [1.54, 1.807) is 0 Å². The molecule has 1 saturated heterocycles. The fourth-order valence-corrected chi connectivity index (χ4v) is 4.19. The molecule has 0 saturated carbocycles. The van der Waals surface area contributed by atoms with E-state index in [0.29, 0.717) is 0 Å². The van der Waals surface area contributed by atoms with Crippen LogP contribution in [-0.4, -0.2) is 66.9 Å². The first-order valence-corrected chi connectivity index (χ1v) is 9.89. The van der Waals surface area contributed by atoms with Crippen molar-refractivity contribution in [1.82, 2.24) is 14.7 Å². The van der Waals surface area contributed by atoms with E-state index < -0.39 is 0 Å². The quantitative estimate of drug-likeness (QED) is 0.822. The van der Waals surface area contributed by atoms with Crippen molar-refractivity contribution >= 4 is 5.91 Å². The van der Waals surface area contributed by atoms with Crippen LogP contribution in [0.25, 0.3) is 0 Å². The van der Waals surface area contributed by atoms with E-state index in [2.05, 4.69) is 41.1 Å². The number of benzene rings is 1. The molecule has 0 unspecified atom stereocenters. The van der Waals surface area contributed by atoms with Gasteiger partial charge in [0.2, 0.25) is 5.91 Å². The van der Waals surface area contributed by atoms with E-state index in [-0.39, 0.29) is 11.9 Å². The minimum Gasteiger partial charge on any atom is -0.344 e. The van der Waals surface area contributed by atoms with E-state index in [0.717, 1.165) is 32.5 Å². The van der Waals surface area contributed by atoms with Crippen molar-refractivity contribution in [1.29, 1.82) is 0 Å². The van der Waals surface area contributed by atoms with Crippen LogP contribution in [0, 0.1) is 0 Å². The summed E-state index contributed by atoms with van der Waals surface area (Å²) in [7, 11) is 4.04. The second-order valence-corrected chi connectivity index (χ2v) is 7.77. The predicted molar refractivity (Wildman–Crippen MR) is 103 cm³/mol. The molecule has 0 bridgehead atoms.